The van der Waals surface area contributed by atoms with Crippen molar-refractivity contribution in [1.29, 1.82) is 0 Å². The normalized spacial score (nSPS) is 12.1. The Balaban J connectivity index is 3.48. The maximum atomic E-state index is 13.3. The van der Waals surface area contributed by atoms with Gasteiger partial charge < -0.3 is 0 Å². The Hall–Kier alpha value is -1.15. The van der Waals surface area contributed by atoms with E-state index in [0.717, 1.165) is 6.92 Å². The van der Waals surface area contributed by atoms with Crippen molar-refractivity contribution in [2.24, 2.45) is 5.14 Å². The molecule has 1 aromatic heterocycles. The average Bonchev–Trinajstić information content (AvgIpc) is 2.06. The molecule has 0 aliphatic heterocycles. The molecule has 0 bridgehead atoms. The van der Waals surface area contributed by atoms with Gasteiger partial charge in [0.05, 0.1) is 0 Å². The second-order valence-electron chi connectivity index (χ2n) is 2.80. The average molecular weight is 240 g/mol. The first-order valence-corrected chi connectivity index (χ1v) is 5.25. The van der Waals surface area contributed by atoms with E-state index in [9.17, 15) is 21.6 Å². The number of aromatic nitrogens is 1. The fourth-order valence-electron chi connectivity index (χ4n) is 0.987. The standard InChI is InChI=1S/C7H7F3N2O2S/c1-3-4(6(9)10)2-12-7(5(3)8)15(11,13)14/h2,6H,1H3,(H2,11,13,14). The SMILES string of the molecule is Cc1c(C(F)F)cnc(S(N)(=O)=O)c1F. The molecule has 1 rings (SSSR count). The molecule has 0 amide bonds. The zero-order valence-corrected chi connectivity index (χ0v) is 8.35. The van der Waals surface area contributed by atoms with Crippen LogP contribution in [0.25, 0.3) is 0 Å². The summed E-state index contributed by atoms with van der Waals surface area (Å²) in [4.78, 5) is 3.06. The lowest BCUT2D eigenvalue weighted by Gasteiger charge is -2.07. The van der Waals surface area contributed by atoms with Gasteiger partial charge in [0.2, 0.25) is 5.03 Å². The summed E-state index contributed by atoms with van der Waals surface area (Å²) in [6, 6.07) is 0. The summed E-state index contributed by atoms with van der Waals surface area (Å²) in [7, 11) is -4.33. The molecule has 0 fully saturated rings. The smallest absolute Gasteiger partial charge is 0.240 e. The lowest BCUT2D eigenvalue weighted by atomic mass is 10.1. The number of nitrogens with two attached hydrogens (primary N) is 1. The summed E-state index contributed by atoms with van der Waals surface area (Å²) >= 11 is 0. The van der Waals surface area contributed by atoms with E-state index in [2.05, 4.69) is 10.1 Å². The highest BCUT2D eigenvalue weighted by atomic mass is 32.2. The number of hydrogen-bond acceptors (Lipinski definition) is 3. The van der Waals surface area contributed by atoms with Gasteiger partial charge >= 0.3 is 0 Å². The number of nitrogens with zero attached hydrogens (tertiary/aromatic N) is 1. The van der Waals surface area contributed by atoms with Gasteiger partial charge in [0, 0.05) is 11.8 Å². The fraction of sp³-hybridized carbons (Fsp3) is 0.286. The number of pyridine rings is 1. The van der Waals surface area contributed by atoms with E-state index in [1.54, 1.807) is 0 Å². The summed E-state index contributed by atoms with van der Waals surface area (Å²) in [6.45, 7) is 1.03. The van der Waals surface area contributed by atoms with Crippen molar-refractivity contribution >= 4 is 10.0 Å². The van der Waals surface area contributed by atoms with Crippen molar-refractivity contribution in [2.45, 2.75) is 18.4 Å². The Morgan fingerprint density at radius 2 is 2.00 bits per heavy atom. The quantitative estimate of drug-likeness (QED) is 0.841. The summed E-state index contributed by atoms with van der Waals surface area (Å²) in [5.41, 5.74) is -1.12. The van der Waals surface area contributed by atoms with Crippen LogP contribution >= 0.6 is 0 Å². The monoisotopic (exact) mass is 240 g/mol. The van der Waals surface area contributed by atoms with Gasteiger partial charge in [-0.15, -0.1) is 0 Å². The number of rotatable bonds is 2. The molecule has 2 N–H and O–H groups in total. The molecule has 84 valence electrons. The Morgan fingerprint density at radius 1 is 1.47 bits per heavy atom. The van der Waals surface area contributed by atoms with E-state index in [0.29, 0.717) is 6.20 Å². The topological polar surface area (TPSA) is 73.0 Å². The minimum Gasteiger partial charge on any atom is -0.240 e. The molecule has 0 radical (unpaired) electrons. The molecule has 0 spiro atoms. The molecule has 1 aromatic rings. The van der Waals surface area contributed by atoms with Crippen LogP contribution in [0, 0.1) is 12.7 Å². The van der Waals surface area contributed by atoms with E-state index in [1.807, 2.05) is 0 Å². The Labute approximate surface area is 84.0 Å². The van der Waals surface area contributed by atoms with Gasteiger partial charge in [0.15, 0.2) is 5.82 Å². The van der Waals surface area contributed by atoms with Crippen molar-refractivity contribution in [3.63, 3.8) is 0 Å². The first-order chi connectivity index (χ1) is 6.75. The van der Waals surface area contributed by atoms with Crippen molar-refractivity contribution in [2.75, 3.05) is 0 Å². The second kappa shape index (κ2) is 3.78. The van der Waals surface area contributed by atoms with Crippen LogP contribution in [0.15, 0.2) is 11.2 Å². The summed E-state index contributed by atoms with van der Waals surface area (Å²) in [5, 5.41) is 3.61. The third kappa shape index (κ3) is 2.26. The highest BCUT2D eigenvalue weighted by molar-refractivity contribution is 7.89. The number of sulfonamides is 1. The van der Waals surface area contributed by atoms with E-state index < -0.39 is 38.4 Å². The number of primary sulfonamides is 1. The molecule has 0 aromatic carbocycles. The minimum absolute atomic E-state index is 0.468. The van der Waals surface area contributed by atoms with Crippen LogP contribution in [0.4, 0.5) is 13.2 Å². The number of hydrogen-bond donors (Lipinski definition) is 1. The van der Waals surface area contributed by atoms with Gasteiger partial charge in [-0.25, -0.2) is 31.7 Å². The van der Waals surface area contributed by atoms with Crippen molar-refractivity contribution < 1.29 is 21.6 Å². The van der Waals surface area contributed by atoms with Gasteiger partial charge in [-0.1, -0.05) is 0 Å². The molecule has 0 saturated heterocycles. The zero-order chi connectivity index (χ0) is 11.8. The second-order valence-corrected chi connectivity index (χ2v) is 4.28. The highest BCUT2D eigenvalue weighted by Crippen LogP contribution is 2.25. The summed E-state index contributed by atoms with van der Waals surface area (Å²) in [5.74, 6) is -1.34. The summed E-state index contributed by atoms with van der Waals surface area (Å²) in [6.07, 6.45) is -2.32. The third-order valence-electron chi connectivity index (χ3n) is 1.78. The van der Waals surface area contributed by atoms with Crippen LogP contribution in [0.3, 0.4) is 0 Å². The molecule has 0 atom stereocenters. The van der Waals surface area contributed by atoms with Crippen LogP contribution in [0.5, 0.6) is 0 Å². The van der Waals surface area contributed by atoms with Crippen LogP contribution < -0.4 is 5.14 Å². The molecular weight excluding hydrogens is 233 g/mol. The van der Waals surface area contributed by atoms with Gasteiger partial charge in [-0.2, -0.15) is 0 Å². The largest absolute Gasteiger partial charge is 0.265 e. The van der Waals surface area contributed by atoms with Gasteiger partial charge in [-0.05, 0) is 12.5 Å². The first kappa shape index (κ1) is 11.9. The fourth-order valence-corrected chi connectivity index (χ4v) is 1.59. The van der Waals surface area contributed by atoms with Gasteiger partial charge in [-0.3, -0.25) is 0 Å². The molecule has 0 aliphatic carbocycles. The number of halogens is 3. The lowest BCUT2D eigenvalue weighted by Crippen LogP contribution is -2.17. The van der Waals surface area contributed by atoms with E-state index in [1.165, 1.54) is 0 Å². The Bertz CT molecular complexity index is 487. The van der Waals surface area contributed by atoms with Crippen molar-refractivity contribution in [3.8, 4) is 0 Å². The van der Waals surface area contributed by atoms with Gasteiger partial charge in [0.25, 0.3) is 16.4 Å². The van der Waals surface area contributed by atoms with Crippen LogP contribution in [0.1, 0.15) is 17.6 Å². The molecule has 1 heterocycles. The molecule has 0 saturated carbocycles. The molecule has 4 nitrogen and oxygen atoms in total. The van der Waals surface area contributed by atoms with Gasteiger partial charge in [0.1, 0.15) is 0 Å². The van der Waals surface area contributed by atoms with Crippen molar-refractivity contribution in [3.05, 3.63) is 23.1 Å². The highest BCUT2D eigenvalue weighted by Gasteiger charge is 2.22. The number of alkyl halides is 2. The predicted molar refractivity (Wildman–Crippen MR) is 45.3 cm³/mol. The van der Waals surface area contributed by atoms with E-state index >= 15 is 0 Å². The molecular formula is C7H7F3N2O2S. The van der Waals surface area contributed by atoms with Crippen LogP contribution in [-0.4, -0.2) is 13.4 Å². The Morgan fingerprint density at radius 3 is 2.40 bits per heavy atom. The van der Waals surface area contributed by atoms with Crippen LogP contribution in [-0.2, 0) is 10.0 Å². The maximum Gasteiger partial charge on any atom is 0.265 e. The van der Waals surface area contributed by atoms with E-state index in [-0.39, 0.29) is 0 Å². The zero-order valence-electron chi connectivity index (χ0n) is 7.54. The first-order valence-electron chi connectivity index (χ1n) is 3.71. The van der Waals surface area contributed by atoms with E-state index in [4.69, 9.17) is 0 Å². The summed E-state index contributed by atoms with van der Waals surface area (Å²) < 4.78 is 59.3. The lowest BCUT2D eigenvalue weighted by molar-refractivity contribution is 0.149. The van der Waals surface area contributed by atoms with Crippen molar-refractivity contribution in [1.82, 2.24) is 4.98 Å². The predicted octanol–water partition coefficient (Wildman–Crippen LogP) is 1.11. The Kier molecular flexibility index (Phi) is 3.00. The third-order valence-corrected chi connectivity index (χ3v) is 2.60. The molecule has 15 heavy (non-hydrogen) atoms. The minimum atomic E-state index is -4.33. The molecule has 0 unspecified atom stereocenters. The molecule has 0 aliphatic rings. The van der Waals surface area contributed by atoms with Crippen LogP contribution in [0.2, 0.25) is 0 Å². The maximum absolute atomic E-state index is 13.3. The molecule has 8 heteroatoms.